The smallest absolute Gasteiger partial charge is 0.239 e. The van der Waals surface area contributed by atoms with E-state index in [1.165, 1.54) is 19.3 Å². The summed E-state index contributed by atoms with van der Waals surface area (Å²) >= 11 is 0. The van der Waals surface area contributed by atoms with E-state index < -0.39 is 6.04 Å². The molecule has 0 aromatic heterocycles. The van der Waals surface area contributed by atoms with Crippen LogP contribution in [0.25, 0.3) is 0 Å². The maximum atomic E-state index is 11.8. The summed E-state index contributed by atoms with van der Waals surface area (Å²) in [6, 6.07) is -0.571. The number of hydrogen-bond donors (Lipinski definition) is 2. The predicted molar refractivity (Wildman–Crippen MR) is 72.4 cm³/mol. The summed E-state index contributed by atoms with van der Waals surface area (Å²) in [4.78, 5) is 14.1. The van der Waals surface area contributed by atoms with Crippen molar-refractivity contribution < 1.29 is 9.53 Å². The average Bonchev–Trinajstić information content (AvgIpc) is 2.37. The first kappa shape index (κ1) is 15.4. The van der Waals surface area contributed by atoms with Gasteiger partial charge in [0, 0.05) is 19.2 Å². The molecule has 1 rings (SSSR count). The molecule has 18 heavy (non-hydrogen) atoms. The zero-order chi connectivity index (χ0) is 13.6. The van der Waals surface area contributed by atoms with E-state index in [1.807, 2.05) is 0 Å². The van der Waals surface area contributed by atoms with Crippen LogP contribution in [-0.4, -0.2) is 56.7 Å². The first-order chi connectivity index (χ1) is 8.52. The molecule has 5 nitrogen and oxygen atoms in total. The van der Waals surface area contributed by atoms with Crippen molar-refractivity contribution in [1.29, 1.82) is 0 Å². The van der Waals surface area contributed by atoms with Crippen molar-refractivity contribution in [2.45, 2.75) is 43.7 Å². The second-order valence-electron chi connectivity index (χ2n) is 5.46. The van der Waals surface area contributed by atoms with E-state index in [9.17, 15) is 4.79 Å². The van der Waals surface area contributed by atoms with E-state index in [4.69, 9.17) is 10.5 Å². The van der Waals surface area contributed by atoms with Crippen molar-refractivity contribution in [2.24, 2.45) is 5.73 Å². The Bertz CT molecular complexity index is 263. The summed E-state index contributed by atoms with van der Waals surface area (Å²) < 4.78 is 4.89. The van der Waals surface area contributed by atoms with Gasteiger partial charge >= 0.3 is 0 Å². The zero-order valence-corrected chi connectivity index (χ0v) is 11.9. The van der Waals surface area contributed by atoms with Gasteiger partial charge in [-0.15, -0.1) is 0 Å². The van der Waals surface area contributed by atoms with Crippen molar-refractivity contribution in [3.8, 4) is 0 Å². The second-order valence-corrected chi connectivity index (χ2v) is 5.46. The number of nitrogens with two attached hydrogens (primary N) is 1. The van der Waals surface area contributed by atoms with Crippen LogP contribution in [0.15, 0.2) is 0 Å². The fraction of sp³-hybridized carbons (Fsp3) is 0.923. The quantitative estimate of drug-likeness (QED) is 0.720. The van der Waals surface area contributed by atoms with Crippen LogP contribution in [0.3, 0.4) is 0 Å². The molecule has 0 aromatic rings. The highest BCUT2D eigenvalue weighted by atomic mass is 16.5. The molecule has 0 bridgehead atoms. The Morgan fingerprint density at radius 1 is 1.39 bits per heavy atom. The predicted octanol–water partition coefficient (Wildman–Crippen LogP) is 0.341. The van der Waals surface area contributed by atoms with Gasteiger partial charge in [-0.2, -0.15) is 0 Å². The van der Waals surface area contributed by atoms with Gasteiger partial charge in [-0.3, -0.25) is 4.79 Å². The molecular formula is C13H27N3O2. The van der Waals surface area contributed by atoms with E-state index in [0.29, 0.717) is 6.54 Å². The van der Waals surface area contributed by atoms with E-state index in [2.05, 4.69) is 24.3 Å². The van der Waals surface area contributed by atoms with Crippen molar-refractivity contribution >= 4 is 5.91 Å². The minimum atomic E-state index is -0.571. The van der Waals surface area contributed by atoms with Crippen molar-refractivity contribution in [3.63, 3.8) is 0 Å². The van der Waals surface area contributed by atoms with Crippen LogP contribution in [0.5, 0.6) is 0 Å². The SMILES string of the molecule is COCC(N)C(=O)NCC1(N(C)C)CCCCC1. The Morgan fingerprint density at radius 3 is 2.50 bits per heavy atom. The number of ether oxygens (including phenoxy) is 1. The Hall–Kier alpha value is -0.650. The maximum Gasteiger partial charge on any atom is 0.239 e. The number of amides is 1. The summed E-state index contributed by atoms with van der Waals surface area (Å²) in [5, 5.41) is 2.97. The second kappa shape index (κ2) is 7.07. The average molecular weight is 257 g/mol. The van der Waals surface area contributed by atoms with E-state index in [1.54, 1.807) is 7.11 Å². The maximum absolute atomic E-state index is 11.8. The lowest BCUT2D eigenvalue weighted by atomic mass is 9.80. The van der Waals surface area contributed by atoms with Crippen LogP contribution in [0, 0.1) is 0 Å². The van der Waals surface area contributed by atoms with Crippen LogP contribution >= 0.6 is 0 Å². The largest absolute Gasteiger partial charge is 0.383 e. The first-order valence-electron chi connectivity index (χ1n) is 6.71. The first-order valence-corrected chi connectivity index (χ1v) is 6.71. The number of hydrogen-bond acceptors (Lipinski definition) is 4. The summed E-state index contributed by atoms with van der Waals surface area (Å²) in [6.45, 7) is 0.942. The minimum absolute atomic E-state index is 0.0979. The van der Waals surface area contributed by atoms with Gasteiger partial charge in [0.25, 0.3) is 0 Å². The fourth-order valence-electron chi connectivity index (χ4n) is 2.63. The van der Waals surface area contributed by atoms with E-state index >= 15 is 0 Å². The van der Waals surface area contributed by atoms with Gasteiger partial charge in [0.1, 0.15) is 6.04 Å². The van der Waals surface area contributed by atoms with Crippen molar-refractivity contribution in [2.75, 3.05) is 34.4 Å². The third kappa shape index (κ3) is 3.93. The molecule has 1 fully saturated rings. The topological polar surface area (TPSA) is 67.6 Å². The highest BCUT2D eigenvalue weighted by molar-refractivity contribution is 5.81. The Balaban J connectivity index is 2.49. The summed E-state index contributed by atoms with van der Waals surface area (Å²) in [5.41, 5.74) is 5.81. The summed E-state index contributed by atoms with van der Waals surface area (Å²) in [7, 11) is 5.73. The van der Waals surface area contributed by atoms with E-state index in [0.717, 1.165) is 12.8 Å². The molecule has 0 heterocycles. The molecule has 0 spiro atoms. The fourth-order valence-corrected chi connectivity index (χ4v) is 2.63. The number of nitrogens with zero attached hydrogens (tertiary/aromatic N) is 1. The van der Waals surface area contributed by atoms with Gasteiger partial charge in [-0.25, -0.2) is 0 Å². The molecule has 0 aliphatic heterocycles. The molecule has 106 valence electrons. The summed E-state index contributed by atoms with van der Waals surface area (Å²) in [6.07, 6.45) is 6.04. The van der Waals surface area contributed by atoms with Gasteiger partial charge in [0.05, 0.1) is 6.61 Å². The lowest BCUT2D eigenvalue weighted by molar-refractivity contribution is -0.124. The minimum Gasteiger partial charge on any atom is -0.383 e. The molecule has 0 saturated heterocycles. The van der Waals surface area contributed by atoms with Gasteiger partial charge in [0.15, 0.2) is 0 Å². The van der Waals surface area contributed by atoms with Crippen LogP contribution in [-0.2, 0) is 9.53 Å². The van der Waals surface area contributed by atoms with Gasteiger partial charge in [-0.05, 0) is 26.9 Å². The van der Waals surface area contributed by atoms with Gasteiger partial charge < -0.3 is 20.7 Å². The standard InChI is InChI=1S/C13H27N3O2/c1-16(2)13(7-5-4-6-8-13)10-15-12(17)11(14)9-18-3/h11H,4-10,14H2,1-3H3,(H,15,17). The van der Waals surface area contributed by atoms with Crippen molar-refractivity contribution in [3.05, 3.63) is 0 Å². The van der Waals surface area contributed by atoms with Crippen LogP contribution in [0.1, 0.15) is 32.1 Å². The molecular weight excluding hydrogens is 230 g/mol. The highest BCUT2D eigenvalue weighted by Gasteiger charge is 2.34. The third-order valence-corrected chi connectivity index (χ3v) is 4.01. The van der Waals surface area contributed by atoms with Gasteiger partial charge in [0.2, 0.25) is 5.91 Å². The van der Waals surface area contributed by atoms with E-state index in [-0.39, 0.29) is 18.1 Å². The molecule has 1 atom stereocenters. The lowest BCUT2D eigenvalue weighted by Gasteiger charge is -2.43. The molecule has 1 aliphatic carbocycles. The number of methoxy groups -OCH3 is 1. The van der Waals surface area contributed by atoms with Gasteiger partial charge in [-0.1, -0.05) is 19.3 Å². The molecule has 1 aliphatic rings. The lowest BCUT2D eigenvalue weighted by Crippen LogP contribution is -2.56. The highest BCUT2D eigenvalue weighted by Crippen LogP contribution is 2.31. The molecule has 1 unspecified atom stereocenters. The number of rotatable bonds is 6. The molecule has 1 amide bonds. The van der Waals surface area contributed by atoms with Crippen molar-refractivity contribution in [1.82, 2.24) is 10.2 Å². The summed E-state index contributed by atoms with van der Waals surface area (Å²) in [5.74, 6) is -0.122. The zero-order valence-electron chi connectivity index (χ0n) is 11.9. The number of nitrogens with one attached hydrogen (secondary N) is 1. The third-order valence-electron chi connectivity index (χ3n) is 4.01. The number of likely N-dealkylation sites (N-methyl/N-ethyl adjacent to an activating group) is 1. The number of carbonyl (C=O) groups is 1. The normalized spacial score (nSPS) is 20.7. The van der Waals surface area contributed by atoms with Crippen LogP contribution < -0.4 is 11.1 Å². The van der Waals surface area contributed by atoms with Crippen LogP contribution in [0.4, 0.5) is 0 Å². The Morgan fingerprint density at radius 2 is 2.00 bits per heavy atom. The Kier molecular flexibility index (Phi) is 6.05. The molecule has 5 heteroatoms. The number of carbonyl (C=O) groups excluding carboxylic acids is 1. The molecule has 0 aromatic carbocycles. The molecule has 0 radical (unpaired) electrons. The monoisotopic (exact) mass is 257 g/mol. The molecule has 1 saturated carbocycles. The Labute approximate surface area is 110 Å². The van der Waals surface area contributed by atoms with Crippen LogP contribution in [0.2, 0.25) is 0 Å². The molecule has 3 N–H and O–H groups in total.